The number of hydrogen-bond acceptors (Lipinski definition) is 6. The molecule has 0 aromatic carbocycles. The predicted molar refractivity (Wildman–Crippen MR) is 63.7 cm³/mol. The summed E-state index contributed by atoms with van der Waals surface area (Å²) in [6, 6.07) is 0. The summed E-state index contributed by atoms with van der Waals surface area (Å²) < 4.78 is 8.69. The molecular formula is C14H12O6. The van der Waals surface area contributed by atoms with E-state index in [0.29, 0.717) is 0 Å². The maximum atomic E-state index is 11.2. The molecule has 0 aromatic heterocycles. The second kappa shape index (κ2) is 4.40. The van der Waals surface area contributed by atoms with Crippen molar-refractivity contribution in [2.75, 3.05) is 0 Å². The van der Waals surface area contributed by atoms with Crippen LogP contribution in [0.25, 0.3) is 0 Å². The Kier molecular flexibility index (Phi) is 2.81. The van der Waals surface area contributed by atoms with E-state index in [4.69, 9.17) is 0 Å². The van der Waals surface area contributed by atoms with Gasteiger partial charge in [0.2, 0.25) is 0 Å². The van der Waals surface area contributed by atoms with Crippen LogP contribution in [0.1, 0.15) is 12.8 Å². The topological polar surface area (TPSA) is 86.7 Å². The van der Waals surface area contributed by atoms with Crippen molar-refractivity contribution in [2.24, 2.45) is 23.7 Å². The zero-order valence-corrected chi connectivity index (χ0v) is 10.5. The van der Waals surface area contributed by atoms with Crippen LogP contribution in [-0.4, -0.2) is 23.9 Å². The third kappa shape index (κ3) is 1.88. The van der Waals surface area contributed by atoms with Crippen molar-refractivity contribution in [3.8, 4) is 0 Å². The fourth-order valence-corrected chi connectivity index (χ4v) is 3.16. The smallest absolute Gasteiger partial charge is 0.341 e. The lowest BCUT2D eigenvalue weighted by Crippen LogP contribution is -2.21. The predicted octanol–water partition coefficient (Wildman–Crippen LogP) is 0.524. The fraction of sp³-hybridized carbons (Fsp3) is 0.429. The van der Waals surface area contributed by atoms with E-state index in [1.807, 2.05) is 12.2 Å². The zero-order valence-electron chi connectivity index (χ0n) is 10.5. The van der Waals surface area contributed by atoms with E-state index in [9.17, 15) is 19.2 Å². The van der Waals surface area contributed by atoms with Crippen LogP contribution in [0.15, 0.2) is 24.3 Å². The fourth-order valence-electron chi connectivity index (χ4n) is 3.16. The zero-order chi connectivity index (χ0) is 14.4. The molecule has 104 valence electrons. The van der Waals surface area contributed by atoms with Crippen molar-refractivity contribution >= 4 is 23.9 Å². The lowest BCUT2D eigenvalue weighted by atomic mass is 9.85. The summed E-state index contributed by atoms with van der Waals surface area (Å²) in [6.45, 7) is 3.29. The molecule has 4 aliphatic rings. The normalized spacial score (nSPS) is 36.7. The van der Waals surface area contributed by atoms with Gasteiger partial charge in [0.05, 0.1) is 18.3 Å². The third-order valence-electron chi connectivity index (χ3n) is 4.06. The van der Waals surface area contributed by atoms with Gasteiger partial charge >= 0.3 is 23.9 Å². The average molecular weight is 276 g/mol. The molecule has 20 heavy (non-hydrogen) atoms. The van der Waals surface area contributed by atoms with Crippen LogP contribution >= 0.6 is 0 Å². The van der Waals surface area contributed by atoms with Crippen molar-refractivity contribution in [2.45, 2.75) is 12.8 Å². The van der Waals surface area contributed by atoms with Gasteiger partial charge in [-0.15, -0.1) is 0 Å². The van der Waals surface area contributed by atoms with Gasteiger partial charge in [-0.25, -0.2) is 4.79 Å². The third-order valence-corrected chi connectivity index (χ3v) is 4.06. The van der Waals surface area contributed by atoms with Crippen LogP contribution < -0.4 is 0 Å². The maximum Gasteiger partial charge on any atom is 0.341 e. The summed E-state index contributed by atoms with van der Waals surface area (Å²) in [4.78, 5) is 42.8. The van der Waals surface area contributed by atoms with Crippen molar-refractivity contribution < 1.29 is 28.7 Å². The number of fused-ring (bicyclic) bond motifs is 5. The number of hydrogen-bond donors (Lipinski definition) is 0. The Balaban J connectivity index is 0.000000133. The van der Waals surface area contributed by atoms with E-state index in [2.05, 4.69) is 16.1 Å². The molecular weight excluding hydrogens is 264 g/mol. The molecule has 0 spiro atoms. The summed E-state index contributed by atoms with van der Waals surface area (Å²) in [5, 5.41) is 0. The quantitative estimate of drug-likeness (QED) is 0.277. The molecule has 2 heterocycles. The molecule has 0 amide bonds. The lowest BCUT2D eigenvalue weighted by molar-refractivity contribution is -0.155. The van der Waals surface area contributed by atoms with Crippen LogP contribution in [0.4, 0.5) is 0 Å². The van der Waals surface area contributed by atoms with E-state index in [1.54, 1.807) is 0 Å². The van der Waals surface area contributed by atoms with Crippen LogP contribution in [0.5, 0.6) is 0 Å². The minimum absolute atomic E-state index is 0.0544. The molecule has 2 bridgehead atoms. The number of esters is 4. The minimum atomic E-state index is -0.588. The molecule has 2 saturated heterocycles. The molecule has 0 N–H and O–H groups in total. The lowest BCUT2D eigenvalue weighted by Gasteiger charge is -2.12. The van der Waals surface area contributed by atoms with Gasteiger partial charge in [0, 0.05) is 5.57 Å². The second-order valence-electron chi connectivity index (χ2n) is 5.28. The number of carbonyl (C=O) groups excluding carboxylic acids is 4. The molecule has 3 fully saturated rings. The molecule has 1 saturated carbocycles. The van der Waals surface area contributed by atoms with E-state index >= 15 is 0 Å². The number of ether oxygens (including phenoxy) is 2. The Morgan fingerprint density at radius 2 is 1.50 bits per heavy atom. The first-order valence-electron chi connectivity index (χ1n) is 6.34. The highest BCUT2D eigenvalue weighted by molar-refractivity contribution is 6.05. The number of rotatable bonds is 0. The highest BCUT2D eigenvalue weighted by Crippen LogP contribution is 2.51. The Morgan fingerprint density at radius 3 is 1.85 bits per heavy atom. The maximum absolute atomic E-state index is 11.2. The van der Waals surface area contributed by atoms with Gasteiger partial charge in [-0.1, -0.05) is 18.7 Å². The Hall–Kier alpha value is -2.24. The van der Waals surface area contributed by atoms with Crippen molar-refractivity contribution in [3.63, 3.8) is 0 Å². The first-order chi connectivity index (χ1) is 9.47. The molecule has 0 aromatic rings. The van der Waals surface area contributed by atoms with E-state index in [0.717, 1.165) is 6.42 Å². The van der Waals surface area contributed by atoms with Crippen LogP contribution in [0, 0.1) is 23.7 Å². The molecule has 0 radical (unpaired) electrons. The summed E-state index contributed by atoms with van der Waals surface area (Å²) in [5.74, 6) is -1.43. The monoisotopic (exact) mass is 276 g/mol. The van der Waals surface area contributed by atoms with E-state index in [-0.39, 0.29) is 47.6 Å². The molecule has 2 aliphatic heterocycles. The standard InChI is InChI=1S/C9H8O3.C5H4O3/c10-8-6-4-1-2-5(3-4)7(6)9(11)12-8;1-3-2-4(6)8-5(3)7/h1-2,4-7H,3H2;1-2H2. The molecule has 6 nitrogen and oxygen atoms in total. The first-order valence-corrected chi connectivity index (χ1v) is 6.34. The summed E-state index contributed by atoms with van der Waals surface area (Å²) >= 11 is 0. The molecule has 4 unspecified atom stereocenters. The van der Waals surface area contributed by atoms with Gasteiger partial charge in [0.15, 0.2) is 0 Å². The van der Waals surface area contributed by atoms with Crippen LogP contribution in [-0.2, 0) is 28.7 Å². The SMILES string of the molecule is C=C1CC(=O)OC1=O.O=C1OC(=O)C2C3C=CC(C3)C12. The first kappa shape index (κ1) is 12.8. The van der Waals surface area contributed by atoms with Gasteiger partial charge in [-0.3, -0.25) is 14.4 Å². The summed E-state index contributed by atoms with van der Waals surface area (Å²) in [6.07, 6.45) is 5.12. The summed E-state index contributed by atoms with van der Waals surface area (Å²) in [7, 11) is 0. The molecule has 2 aliphatic carbocycles. The second-order valence-corrected chi connectivity index (χ2v) is 5.28. The summed E-state index contributed by atoms with van der Waals surface area (Å²) in [5.41, 5.74) is 0.245. The van der Waals surface area contributed by atoms with Gasteiger partial charge < -0.3 is 9.47 Å². The van der Waals surface area contributed by atoms with Crippen molar-refractivity contribution in [1.82, 2.24) is 0 Å². The Labute approximate surface area is 114 Å². The van der Waals surface area contributed by atoms with Gasteiger partial charge in [0.1, 0.15) is 0 Å². The number of carbonyl (C=O) groups is 4. The number of cyclic esters (lactones) is 4. The van der Waals surface area contributed by atoms with Gasteiger partial charge in [-0.05, 0) is 18.3 Å². The van der Waals surface area contributed by atoms with Crippen LogP contribution in [0.2, 0.25) is 0 Å². The van der Waals surface area contributed by atoms with Crippen LogP contribution in [0.3, 0.4) is 0 Å². The molecule has 4 atom stereocenters. The number of allylic oxidation sites excluding steroid dienone is 2. The largest absolute Gasteiger partial charge is 0.393 e. The van der Waals surface area contributed by atoms with Gasteiger partial charge in [0.25, 0.3) is 0 Å². The van der Waals surface area contributed by atoms with E-state index in [1.165, 1.54) is 0 Å². The average Bonchev–Trinajstić information content (AvgIpc) is 3.08. The van der Waals surface area contributed by atoms with Crippen molar-refractivity contribution in [3.05, 3.63) is 24.3 Å². The molecule has 6 heteroatoms. The Bertz CT molecular complexity index is 526. The Morgan fingerprint density at radius 1 is 0.950 bits per heavy atom. The van der Waals surface area contributed by atoms with Crippen molar-refractivity contribution in [1.29, 1.82) is 0 Å². The highest BCUT2D eigenvalue weighted by atomic mass is 16.6. The van der Waals surface area contributed by atoms with Gasteiger partial charge in [-0.2, -0.15) is 0 Å². The van der Waals surface area contributed by atoms with E-state index < -0.39 is 11.9 Å². The highest BCUT2D eigenvalue weighted by Gasteiger charge is 2.57. The molecule has 4 rings (SSSR count). The minimum Gasteiger partial charge on any atom is -0.393 e.